The molecule has 1 N–H and O–H groups in total. The molecule has 0 saturated carbocycles. The first-order valence-corrected chi connectivity index (χ1v) is 7.28. The zero-order valence-electron chi connectivity index (χ0n) is 13.5. The average Bonchev–Trinajstić information content (AvgIpc) is 2.51. The zero-order chi connectivity index (χ0) is 17.2. The molecule has 0 radical (unpaired) electrons. The minimum Gasteiger partial charge on any atom is -0.482 e. The molecule has 0 bridgehead atoms. The first-order valence-electron chi connectivity index (χ1n) is 7.28. The molecule has 1 aromatic carbocycles. The normalized spacial score (nSPS) is 10.1. The smallest absolute Gasteiger partial charge is 0.413 e. The van der Waals surface area contributed by atoms with Crippen LogP contribution < -0.4 is 10.1 Å². The van der Waals surface area contributed by atoms with Crippen molar-refractivity contribution in [2.75, 3.05) is 19.8 Å². The second-order valence-corrected chi connectivity index (χ2v) is 4.91. The molecule has 1 aromatic rings. The van der Waals surface area contributed by atoms with Crippen LogP contribution in [0.3, 0.4) is 0 Å². The lowest BCUT2D eigenvalue weighted by Gasteiger charge is -2.13. The summed E-state index contributed by atoms with van der Waals surface area (Å²) in [5.74, 6) is -0.630. The number of carbonyl (C=O) groups is 3. The van der Waals surface area contributed by atoms with E-state index in [-0.39, 0.29) is 19.1 Å². The zero-order valence-corrected chi connectivity index (χ0v) is 13.5. The van der Waals surface area contributed by atoms with Gasteiger partial charge in [-0.25, -0.2) is 9.59 Å². The van der Waals surface area contributed by atoms with Gasteiger partial charge in [0.15, 0.2) is 13.2 Å². The summed E-state index contributed by atoms with van der Waals surface area (Å²) in [6, 6.07) is 7.37. The maximum absolute atomic E-state index is 11.6. The van der Waals surface area contributed by atoms with Gasteiger partial charge in [-0.1, -0.05) is 32.0 Å². The Bertz CT molecular complexity index is 555. The van der Waals surface area contributed by atoms with Crippen LogP contribution in [-0.2, 0) is 19.1 Å². The van der Waals surface area contributed by atoms with Gasteiger partial charge < -0.3 is 14.2 Å². The number of hydrogen-bond donors (Lipinski definition) is 1. The second-order valence-electron chi connectivity index (χ2n) is 4.91. The number of alkyl carbamates (subject to hydrolysis) is 1. The molecule has 0 spiro atoms. The Morgan fingerprint density at radius 3 is 2.43 bits per heavy atom. The predicted octanol–water partition coefficient (Wildman–Crippen LogP) is 2.00. The molecule has 0 aromatic heterocycles. The first kappa shape index (κ1) is 18.5. The van der Waals surface area contributed by atoms with E-state index in [1.807, 2.05) is 31.3 Å². The van der Waals surface area contributed by atoms with E-state index in [9.17, 15) is 14.4 Å². The van der Waals surface area contributed by atoms with Crippen molar-refractivity contribution in [3.8, 4) is 5.75 Å². The van der Waals surface area contributed by atoms with Gasteiger partial charge in [0.1, 0.15) is 5.75 Å². The van der Waals surface area contributed by atoms with Crippen LogP contribution in [0.2, 0.25) is 0 Å². The van der Waals surface area contributed by atoms with Crippen molar-refractivity contribution in [3.05, 3.63) is 29.8 Å². The number of nitrogens with one attached hydrogen (secondary N) is 1. The SMILES string of the molecule is CCOC(=O)NC(=O)COC(=O)COc1ccccc1C(C)C. The van der Waals surface area contributed by atoms with E-state index < -0.39 is 24.6 Å². The molecular weight excluding hydrogens is 302 g/mol. The Labute approximate surface area is 134 Å². The summed E-state index contributed by atoms with van der Waals surface area (Å²) in [4.78, 5) is 33.9. The molecule has 23 heavy (non-hydrogen) atoms. The molecule has 2 amide bonds. The van der Waals surface area contributed by atoms with Crippen LogP contribution in [0.5, 0.6) is 5.75 Å². The number of ether oxygens (including phenoxy) is 3. The first-order chi connectivity index (χ1) is 10.9. The Balaban J connectivity index is 2.38. The van der Waals surface area contributed by atoms with Crippen molar-refractivity contribution >= 4 is 18.0 Å². The Kier molecular flexibility index (Phi) is 7.59. The minimum atomic E-state index is -0.879. The van der Waals surface area contributed by atoms with Crippen molar-refractivity contribution < 1.29 is 28.6 Å². The summed E-state index contributed by atoms with van der Waals surface area (Å²) in [5, 5.41) is 1.92. The molecule has 7 nitrogen and oxygen atoms in total. The number of para-hydroxylation sites is 1. The van der Waals surface area contributed by atoms with Crippen LogP contribution in [0.4, 0.5) is 4.79 Å². The van der Waals surface area contributed by atoms with Gasteiger partial charge in [-0.3, -0.25) is 10.1 Å². The van der Waals surface area contributed by atoms with E-state index in [2.05, 4.69) is 4.74 Å². The lowest BCUT2D eigenvalue weighted by atomic mass is 10.0. The molecular formula is C16H21NO6. The lowest BCUT2D eigenvalue weighted by molar-refractivity contribution is -0.150. The Morgan fingerprint density at radius 2 is 1.78 bits per heavy atom. The van der Waals surface area contributed by atoms with Crippen LogP contribution >= 0.6 is 0 Å². The van der Waals surface area contributed by atoms with Gasteiger partial charge in [0.25, 0.3) is 5.91 Å². The fourth-order valence-corrected chi connectivity index (χ4v) is 1.73. The molecule has 0 aliphatic heterocycles. The number of esters is 1. The minimum absolute atomic E-state index is 0.141. The number of amides is 2. The molecule has 0 aliphatic carbocycles. The second kappa shape index (κ2) is 9.45. The fourth-order valence-electron chi connectivity index (χ4n) is 1.73. The molecule has 0 aliphatic rings. The molecule has 0 heterocycles. The van der Waals surface area contributed by atoms with Crippen molar-refractivity contribution in [1.29, 1.82) is 0 Å². The number of hydrogen-bond acceptors (Lipinski definition) is 6. The Hall–Kier alpha value is -2.57. The van der Waals surface area contributed by atoms with Gasteiger partial charge in [0, 0.05) is 0 Å². The van der Waals surface area contributed by atoms with Crippen molar-refractivity contribution in [2.45, 2.75) is 26.7 Å². The molecule has 1 rings (SSSR count). The van der Waals surface area contributed by atoms with E-state index in [1.54, 1.807) is 19.1 Å². The number of rotatable bonds is 7. The maximum Gasteiger partial charge on any atom is 0.413 e. The third kappa shape index (κ3) is 6.82. The van der Waals surface area contributed by atoms with Crippen molar-refractivity contribution in [1.82, 2.24) is 5.32 Å². The highest BCUT2D eigenvalue weighted by atomic mass is 16.6. The monoisotopic (exact) mass is 323 g/mol. The standard InChI is InChI=1S/C16H21NO6/c1-4-21-16(20)17-14(18)9-23-15(19)10-22-13-8-6-5-7-12(13)11(2)3/h5-8,11H,4,9-10H2,1-3H3,(H,17,18,20). The van der Waals surface area contributed by atoms with Crippen LogP contribution in [-0.4, -0.2) is 37.8 Å². The molecule has 126 valence electrons. The van der Waals surface area contributed by atoms with Gasteiger partial charge in [-0.05, 0) is 24.5 Å². The van der Waals surface area contributed by atoms with E-state index in [1.165, 1.54) is 0 Å². The van der Waals surface area contributed by atoms with E-state index >= 15 is 0 Å². The molecule has 0 saturated heterocycles. The van der Waals surface area contributed by atoms with Crippen LogP contribution in [0.25, 0.3) is 0 Å². The largest absolute Gasteiger partial charge is 0.482 e. The molecule has 0 fully saturated rings. The lowest BCUT2D eigenvalue weighted by Crippen LogP contribution is -2.35. The van der Waals surface area contributed by atoms with Crippen molar-refractivity contribution in [3.63, 3.8) is 0 Å². The summed E-state index contributed by atoms with van der Waals surface area (Å²) in [7, 11) is 0. The van der Waals surface area contributed by atoms with Gasteiger partial charge in [0.2, 0.25) is 0 Å². The Morgan fingerprint density at radius 1 is 1.09 bits per heavy atom. The van der Waals surface area contributed by atoms with Crippen LogP contribution in [0.1, 0.15) is 32.3 Å². The third-order valence-corrected chi connectivity index (χ3v) is 2.77. The highest BCUT2D eigenvalue weighted by Gasteiger charge is 2.13. The number of imide groups is 1. The highest BCUT2D eigenvalue weighted by Crippen LogP contribution is 2.25. The average molecular weight is 323 g/mol. The van der Waals surface area contributed by atoms with Crippen molar-refractivity contribution in [2.24, 2.45) is 0 Å². The quantitative estimate of drug-likeness (QED) is 0.772. The molecule has 7 heteroatoms. The third-order valence-electron chi connectivity index (χ3n) is 2.77. The highest BCUT2D eigenvalue weighted by molar-refractivity contribution is 5.93. The van der Waals surface area contributed by atoms with E-state index in [4.69, 9.17) is 9.47 Å². The maximum atomic E-state index is 11.6. The van der Waals surface area contributed by atoms with Gasteiger partial charge in [-0.15, -0.1) is 0 Å². The van der Waals surface area contributed by atoms with Gasteiger partial charge in [0.05, 0.1) is 6.61 Å². The summed E-state index contributed by atoms with van der Waals surface area (Å²) >= 11 is 0. The van der Waals surface area contributed by atoms with E-state index in [0.717, 1.165) is 5.56 Å². The summed E-state index contributed by atoms with van der Waals surface area (Å²) in [5.41, 5.74) is 0.973. The topological polar surface area (TPSA) is 90.9 Å². The van der Waals surface area contributed by atoms with Gasteiger partial charge >= 0.3 is 12.1 Å². The number of benzene rings is 1. The van der Waals surface area contributed by atoms with Crippen LogP contribution in [0.15, 0.2) is 24.3 Å². The van der Waals surface area contributed by atoms with Crippen LogP contribution in [0, 0.1) is 0 Å². The summed E-state index contributed by atoms with van der Waals surface area (Å²) in [6.07, 6.45) is -0.879. The predicted molar refractivity (Wildman–Crippen MR) is 82.1 cm³/mol. The van der Waals surface area contributed by atoms with Gasteiger partial charge in [-0.2, -0.15) is 0 Å². The fraction of sp³-hybridized carbons (Fsp3) is 0.438. The van der Waals surface area contributed by atoms with E-state index in [0.29, 0.717) is 5.75 Å². The number of carbonyl (C=O) groups excluding carboxylic acids is 3. The summed E-state index contributed by atoms with van der Waals surface area (Å²) in [6.45, 7) is 4.88. The summed E-state index contributed by atoms with van der Waals surface area (Å²) < 4.78 is 14.7. The molecule has 0 atom stereocenters. The molecule has 0 unspecified atom stereocenters.